The Kier molecular flexibility index (Phi) is 3.53. The van der Waals surface area contributed by atoms with Gasteiger partial charge in [0.2, 0.25) is 0 Å². The van der Waals surface area contributed by atoms with Crippen LogP contribution in [0.5, 0.6) is 0 Å². The number of hydrogen-bond acceptors (Lipinski definition) is 2. The summed E-state index contributed by atoms with van der Waals surface area (Å²) in [7, 11) is 0. The summed E-state index contributed by atoms with van der Waals surface area (Å²) in [6.45, 7) is 0. The smallest absolute Gasteiger partial charge is 0.0824 e. The summed E-state index contributed by atoms with van der Waals surface area (Å²) >= 11 is 3.99. The highest BCUT2D eigenvalue weighted by Crippen LogP contribution is 2.44. The number of rotatable bonds is 1. The van der Waals surface area contributed by atoms with Gasteiger partial charge >= 0.3 is 0 Å². The minimum absolute atomic E-state index is 0.670. The normalized spacial score (nSPS) is 24.8. The van der Waals surface area contributed by atoms with E-state index in [-0.39, 0.29) is 0 Å². The van der Waals surface area contributed by atoms with Crippen molar-refractivity contribution in [2.24, 2.45) is 0 Å². The highest BCUT2D eigenvalue weighted by Gasteiger charge is 2.30. The van der Waals surface area contributed by atoms with Gasteiger partial charge in [-0.3, -0.25) is 0 Å². The molecule has 0 aromatic heterocycles. The van der Waals surface area contributed by atoms with Crippen LogP contribution in [0.15, 0.2) is 53.4 Å². The molecule has 0 nitrogen and oxygen atoms in total. The van der Waals surface area contributed by atoms with Gasteiger partial charge in [0.15, 0.2) is 0 Å². The lowest BCUT2D eigenvalue weighted by Crippen LogP contribution is -2.28. The van der Waals surface area contributed by atoms with E-state index in [0.717, 1.165) is 5.25 Å². The van der Waals surface area contributed by atoms with Gasteiger partial charge in [-0.15, -0.1) is 23.5 Å². The molecule has 0 N–H and O–H groups in total. The van der Waals surface area contributed by atoms with Crippen molar-refractivity contribution in [3.63, 3.8) is 0 Å². The molecule has 2 aromatic rings. The molecule has 2 heterocycles. The van der Waals surface area contributed by atoms with Gasteiger partial charge in [-0.25, -0.2) is 0 Å². The summed E-state index contributed by atoms with van der Waals surface area (Å²) in [5.74, 6) is 3.54. The zero-order valence-electron chi connectivity index (χ0n) is 11.2. The first-order chi connectivity index (χ1) is 9.90. The highest BCUT2D eigenvalue weighted by molar-refractivity contribution is 8.05. The molecule has 100 valence electrons. The van der Waals surface area contributed by atoms with Crippen LogP contribution in [0.3, 0.4) is 0 Å². The summed E-state index contributed by atoms with van der Waals surface area (Å²) in [4.78, 5) is 1.49. The Morgan fingerprint density at radius 2 is 1.70 bits per heavy atom. The number of fused-ring (bicyclic) bond motifs is 2. The summed E-state index contributed by atoms with van der Waals surface area (Å²) in [5.41, 5.74) is 4.30. The second-order valence-corrected chi connectivity index (χ2v) is 7.75. The van der Waals surface area contributed by atoms with E-state index < -0.39 is 0 Å². The second-order valence-electron chi connectivity index (χ2n) is 5.42. The third-order valence-electron chi connectivity index (χ3n) is 4.12. The molecule has 4 rings (SSSR count). The van der Waals surface area contributed by atoms with Crippen LogP contribution in [0.4, 0.5) is 0 Å². The number of hydrogen-bond donors (Lipinski definition) is 0. The Bertz CT molecular complexity index is 565. The Morgan fingerprint density at radius 1 is 0.900 bits per heavy atom. The lowest BCUT2D eigenvalue weighted by atomic mass is 9.99. The van der Waals surface area contributed by atoms with Gasteiger partial charge in [-0.2, -0.15) is 0 Å². The third-order valence-corrected chi connectivity index (χ3v) is 6.95. The molecule has 2 atom stereocenters. The predicted molar refractivity (Wildman–Crippen MR) is 88.3 cm³/mol. The van der Waals surface area contributed by atoms with Crippen LogP contribution in [0.25, 0.3) is 0 Å². The Balaban J connectivity index is 1.53. The first-order valence-electron chi connectivity index (χ1n) is 7.14. The molecule has 2 radical (unpaired) electrons. The summed E-state index contributed by atoms with van der Waals surface area (Å²) in [6, 6.07) is 17.6. The van der Waals surface area contributed by atoms with Crippen molar-refractivity contribution < 1.29 is 0 Å². The monoisotopic (exact) mass is 296 g/mol. The minimum atomic E-state index is 0.670. The van der Waals surface area contributed by atoms with Gasteiger partial charge in [-0.05, 0) is 42.0 Å². The second kappa shape index (κ2) is 5.50. The molecular weight excluding hydrogens is 280 g/mol. The third kappa shape index (κ3) is 2.40. The lowest BCUT2D eigenvalue weighted by Gasteiger charge is -2.33. The van der Waals surface area contributed by atoms with Crippen molar-refractivity contribution in [1.82, 2.24) is 0 Å². The van der Waals surface area contributed by atoms with Gasteiger partial charge in [0.05, 0.1) is 5.75 Å². The van der Waals surface area contributed by atoms with Crippen LogP contribution >= 0.6 is 23.5 Å². The molecule has 0 fully saturated rings. The molecular formula is C18H16S2. The largest absolute Gasteiger partial charge is 0.142 e. The molecule has 0 aliphatic carbocycles. The molecule has 20 heavy (non-hydrogen) atoms. The van der Waals surface area contributed by atoms with E-state index in [9.17, 15) is 0 Å². The molecule has 0 bridgehead atoms. The Morgan fingerprint density at radius 3 is 2.65 bits per heavy atom. The van der Waals surface area contributed by atoms with Crippen LogP contribution < -0.4 is 0 Å². The van der Waals surface area contributed by atoms with Crippen molar-refractivity contribution in [2.45, 2.75) is 34.7 Å². The standard InChI is InChI=1S/C18H16S2/c1-2-7-15-12-19-18(11-14(15)6-1)17-10-9-13-5-3-4-8-16(13)20-17/h1-8,17-18H,9-11H2. The minimum Gasteiger partial charge on any atom is -0.142 e. The topological polar surface area (TPSA) is 0 Å². The van der Waals surface area contributed by atoms with Gasteiger partial charge in [0.25, 0.3) is 0 Å². The maximum atomic E-state index is 3.54. The van der Waals surface area contributed by atoms with Crippen LogP contribution in [0.2, 0.25) is 0 Å². The Labute approximate surface area is 129 Å². The molecule has 0 spiro atoms. The fourth-order valence-corrected chi connectivity index (χ4v) is 5.66. The van der Waals surface area contributed by atoms with Crippen LogP contribution in [0, 0.1) is 5.75 Å². The molecule has 2 unspecified atom stereocenters. The molecule has 0 amide bonds. The van der Waals surface area contributed by atoms with Crippen molar-refractivity contribution >= 4 is 23.5 Å². The summed E-state index contributed by atoms with van der Waals surface area (Å²) in [5, 5.41) is 1.39. The number of benzene rings is 2. The van der Waals surface area contributed by atoms with E-state index in [2.05, 4.69) is 66.0 Å². The fraction of sp³-hybridized carbons (Fsp3) is 0.278. The van der Waals surface area contributed by atoms with Gasteiger partial charge in [-0.1, -0.05) is 42.5 Å². The van der Waals surface area contributed by atoms with Crippen molar-refractivity contribution in [2.75, 3.05) is 0 Å². The maximum absolute atomic E-state index is 3.54. The lowest BCUT2D eigenvalue weighted by molar-refractivity contribution is 0.689. The van der Waals surface area contributed by atoms with Crippen molar-refractivity contribution in [3.05, 3.63) is 71.0 Å². The predicted octanol–water partition coefficient (Wildman–Crippen LogP) is 4.84. The fourth-order valence-electron chi connectivity index (χ4n) is 3.01. The summed E-state index contributed by atoms with van der Waals surface area (Å²) < 4.78 is 0. The van der Waals surface area contributed by atoms with Crippen LogP contribution in [-0.4, -0.2) is 10.5 Å². The first-order valence-corrected chi connectivity index (χ1v) is 8.90. The molecule has 2 aliphatic rings. The molecule has 2 aliphatic heterocycles. The highest BCUT2D eigenvalue weighted by atomic mass is 32.2. The number of aryl methyl sites for hydroxylation is 1. The molecule has 0 saturated heterocycles. The maximum Gasteiger partial charge on any atom is 0.0824 e. The zero-order valence-corrected chi connectivity index (χ0v) is 12.8. The van der Waals surface area contributed by atoms with Gasteiger partial charge < -0.3 is 0 Å². The van der Waals surface area contributed by atoms with E-state index in [1.807, 2.05) is 11.8 Å². The van der Waals surface area contributed by atoms with E-state index in [1.165, 1.54) is 40.8 Å². The quantitative estimate of drug-likeness (QED) is 0.738. The van der Waals surface area contributed by atoms with E-state index >= 15 is 0 Å². The first kappa shape index (κ1) is 12.8. The Hall–Kier alpha value is -0.860. The molecule has 2 heteroatoms. The molecule has 0 saturated carbocycles. The average molecular weight is 296 g/mol. The number of thioether (sulfide) groups is 2. The SMILES string of the molecule is [C]1SC(C2CCc3ccccc3S2)Cc2ccccc21. The van der Waals surface area contributed by atoms with Crippen LogP contribution in [-0.2, 0) is 12.8 Å². The molecule has 2 aromatic carbocycles. The van der Waals surface area contributed by atoms with E-state index in [0.29, 0.717) is 5.25 Å². The van der Waals surface area contributed by atoms with Gasteiger partial charge in [0, 0.05) is 15.4 Å². The van der Waals surface area contributed by atoms with Crippen LogP contribution in [0.1, 0.15) is 23.1 Å². The van der Waals surface area contributed by atoms with Gasteiger partial charge in [0.1, 0.15) is 0 Å². The summed E-state index contributed by atoms with van der Waals surface area (Å²) in [6.07, 6.45) is 3.71. The van der Waals surface area contributed by atoms with E-state index in [1.54, 1.807) is 0 Å². The zero-order chi connectivity index (χ0) is 13.4. The van der Waals surface area contributed by atoms with Crippen molar-refractivity contribution in [1.29, 1.82) is 0 Å². The van der Waals surface area contributed by atoms with Crippen molar-refractivity contribution in [3.8, 4) is 0 Å². The average Bonchev–Trinajstić information content (AvgIpc) is 2.54. The van der Waals surface area contributed by atoms with E-state index in [4.69, 9.17) is 0 Å².